The van der Waals surface area contributed by atoms with E-state index in [-0.39, 0.29) is 30.2 Å². The van der Waals surface area contributed by atoms with Crippen molar-refractivity contribution in [2.24, 2.45) is 22.7 Å². The van der Waals surface area contributed by atoms with Crippen molar-refractivity contribution in [2.75, 3.05) is 39.3 Å². The Labute approximate surface area is 261 Å². The van der Waals surface area contributed by atoms with Crippen LogP contribution >= 0.6 is 0 Å². The van der Waals surface area contributed by atoms with Crippen molar-refractivity contribution in [3.8, 4) is 0 Å². The van der Waals surface area contributed by atoms with Gasteiger partial charge in [-0.2, -0.15) is 13.2 Å². The smallest absolute Gasteiger partial charge is 0.475 e. The highest BCUT2D eigenvalue weighted by Crippen LogP contribution is 2.33. The number of aliphatic carboxylic acids is 1. The Balaban J connectivity index is 0.000000591. The molecule has 45 heavy (non-hydrogen) atoms. The number of rotatable bonds is 8. The highest BCUT2D eigenvalue weighted by molar-refractivity contribution is 6.27. The molecule has 3 atom stereocenters. The quantitative estimate of drug-likeness (QED) is 0.433. The summed E-state index contributed by atoms with van der Waals surface area (Å²) in [7, 11) is 0. The van der Waals surface area contributed by atoms with Crippen molar-refractivity contribution in [1.82, 2.24) is 15.1 Å². The van der Waals surface area contributed by atoms with Crippen LogP contribution in [-0.4, -0.2) is 89.6 Å². The van der Waals surface area contributed by atoms with Crippen LogP contribution in [0, 0.1) is 17.8 Å². The summed E-state index contributed by atoms with van der Waals surface area (Å²) < 4.78 is 31.7. The summed E-state index contributed by atoms with van der Waals surface area (Å²) in [5, 5.41) is 10.5. The summed E-state index contributed by atoms with van der Waals surface area (Å²) in [6.07, 6.45) is 2.61. The first-order valence-electron chi connectivity index (χ1n) is 15.7. The van der Waals surface area contributed by atoms with Crippen molar-refractivity contribution >= 4 is 29.3 Å². The number of alkyl halides is 3. The lowest BCUT2D eigenvalue weighted by atomic mass is 9.86. The number of fused-ring (bicyclic) bond motifs is 1. The van der Waals surface area contributed by atoms with Crippen LogP contribution in [0.1, 0.15) is 70.4 Å². The third-order valence-electron chi connectivity index (χ3n) is 9.39. The molecule has 3 heterocycles. The van der Waals surface area contributed by atoms with E-state index in [9.17, 15) is 27.6 Å². The van der Waals surface area contributed by atoms with Gasteiger partial charge in [-0.25, -0.2) is 4.79 Å². The van der Waals surface area contributed by atoms with Gasteiger partial charge in [0.15, 0.2) is 5.78 Å². The molecule has 2 N–H and O–H groups in total. The number of nitrogens with one attached hydrogen (secondary N) is 1. The molecule has 0 aromatic heterocycles. The van der Waals surface area contributed by atoms with E-state index in [1.54, 1.807) is 6.92 Å². The molecule has 246 valence electrons. The monoisotopic (exact) mass is 632 g/mol. The molecule has 2 unspecified atom stereocenters. The molecule has 9 nitrogen and oxygen atoms in total. The highest BCUT2D eigenvalue weighted by Gasteiger charge is 2.43. The van der Waals surface area contributed by atoms with E-state index in [0.29, 0.717) is 41.0 Å². The van der Waals surface area contributed by atoms with E-state index in [2.05, 4.69) is 27.3 Å². The third kappa shape index (κ3) is 9.24. The fraction of sp³-hybridized carbons (Fsp3) is 0.606. The fourth-order valence-corrected chi connectivity index (χ4v) is 6.94. The molecule has 2 amide bonds. The molecule has 4 aliphatic rings. The van der Waals surface area contributed by atoms with E-state index in [1.165, 1.54) is 37.7 Å². The number of carboxylic acid groups (broad SMARTS) is 1. The van der Waals surface area contributed by atoms with Crippen molar-refractivity contribution < 1.29 is 37.5 Å². The number of likely N-dealkylation sites (tertiary alicyclic amines) is 2. The lowest BCUT2D eigenvalue weighted by Gasteiger charge is -2.27. The minimum atomic E-state index is -5.08. The van der Waals surface area contributed by atoms with Gasteiger partial charge in [-0.1, -0.05) is 49.6 Å². The van der Waals surface area contributed by atoms with Crippen LogP contribution in [0.15, 0.2) is 46.5 Å². The molecule has 3 fully saturated rings. The number of benzene rings is 1. The molecule has 0 radical (unpaired) electrons. The Kier molecular flexibility index (Phi) is 11.6. The molecule has 1 aliphatic carbocycles. The number of carbonyl (C=O) groups excluding carboxylic acids is 3. The standard InChI is InChI=1S/C31H42N4O3.C2HF3O2/c1-21-28(36)16-32-22(2)30(21)31(38)35-19-25-17-34(18-26(25)20-35)14-13-27(24-11-7-4-8-12-24)33-29(37)15-23-9-5-3-6-10-23;3-2(4,5)1(6)7/h4,7-8,11-12,23,25-27H,3,5-6,9-10,13-20H2,1-2H3,(H,33,37);(H,6,7)/t25-,26?,27?;/m0./s1. The Morgan fingerprint density at radius 3 is 2.18 bits per heavy atom. The first-order chi connectivity index (χ1) is 21.3. The average molecular weight is 633 g/mol. The number of aliphatic imine (C=N–C) groups is 1. The third-order valence-corrected chi connectivity index (χ3v) is 9.39. The average Bonchev–Trinajstić information content (AvgIpc) is 3.57. The molecule has 5 rings (SSSR count). The summed E-state index contributed by atoms with van der Waals surface area (Å²) in [5.74, 6) is -1.23. The van der Waals surface area contributed by atoms with Gasteiger partial charge >= 0.3 is 12.1 Å². The van der Waals surface area contributed by atoms with E-state index in [1.807, 2.05) is 30.0 Å². The Bertz CT molecular complexity index is 1290. The van der Waals surface area contributed by atoms with Crippen LogP contribution in [0.5, 0.6) is 0 Å². The summed E-state index contributed by atoms with van der Waals surface area (Å²) in [6.45, 7) is 8.07. The molecule has 0 bridgehead atoms. The minimum Gasteiger partial charge on any atom is -0.475 e. The normalized spacial score (nSPS) is 23.2. The minimum absolute atomic E-state index is 0.0202. The lowest BCUT2D eigenvalue weighted by Crippen LogP contribution is -2.38. The van der Waals surface area contributed by atoms with Crippen LogP contribution < -0.4 is 5.32 Å². The number of carbonyl (C=O) groups is 4. The van der Waals surface area contributed by atoms with Gasteiger partial charge in [0.1, 0.15) is 6.54 Å². The van der Waals surface area contributed by atoms with Gasteiger partial charge in [0.2, 0.25) is 5.91 Å². The number of hydrogen-bond donors (Lipinski definition) is 2. The number of carboxylic acids is 1. The Morgan fingerprint density at radius 2 is 1.60 bits per heavy atom. The molecule has 1 aromatic rings. The van der Waals surface area contributed by atoms with Gasteiger partial charge in [0, 0.05) is 50.4 Å². The molecule has 1 saturated carbocycles. The van der Waals surface area contributed by atoms with E-state index in [0.717, 1.165) is 39.1 Å². The zero-order chi connectivity index (χ0) is 32.7. The molecular formula is C33H43F3N4O5. The van der Waals surface area contributed by atoms with Crippen LogP contribution in [0.3, 0.4) is 0 Å². The van der Waals surface area contributed by atoms with Crippen molar-refractivity contribution in [2.45, 2.75) is 71.0 Å². The van der Waals surface area contributed by atoms with Gasteiger partial charge < -0.3 is 20.2 Å². The second kappa shape index (κ2) is 15.2. The summed E-state index contributed by atoms with van der Waals surface area (Å²) in [6, 6.07) is 10.4. The van der Waals surface area contributed by atoms with Crippen LogP contribution in [0.4, 0.5) is 13.2 Å². The summed E-state index contributed by atoms with van der Waals surface area (Å²) in [4.78, 5) is 56.0. The largest absolute Gasteiger partial charge is 0.490 e. The van der Waals surface area contributed by atoms with E-state index in [4.69, 9.17) is 9.90 Å². The number of ketones is 1. The Morgan fingerprint density at radius 1 is 1.00 bits per heavy atom. The van der Waals surface area contributed by atoms with Crippen LogP contribution in [-0.2, 0) is 19.2 Å². The predicted octanol–water partition coefficient (Wildman–Crippen LogP) is 4.59. The molecule has 1 aromatic carbocycles. The maximum Gasteiger partial charge on any atom is 0.490 e. The van der Waals surface area contributed by atoms with Gasteiger partial charge in [-0.05, 0) is 56.4 Å². The lowest BCUT2D eigenvalue weighted by molar-refractivity contribution is -0.192. The van der Waals surface area contributed by atoms with Gasteiger partial charge in [0.25, 0.3) is 5.91 Å². The molecule has 2 saturated heterocycles. The Hall–Kier alpha value is -3.54. The van der Waals surface area contributed by atoms with Gasteiger partial charge in [-0.15, -0.1) is 0 Å². The zero-order valence-corrected chi connectivity index (χ0v) is 25.9. The van der Waals surface area contributed by atoms with E-state index >= 15 is 0 Å². The summed E-state index contributed by atoms with van der Waals surface area (Å²) >= 11 is 0. The highest BCUT2D eigenvalue weighted by atomic mass is 19.4. The number of hydrogen-bond acceptors (Lipinski definition) is 6. The topological polar surface area (TPSA) is 119 Å². The molecular weight excluding hydrogens is 589 g/mol. The van der Waals surface area contributed by atoms with Crippen molar-refractivity contribution in [1.29, 1.82) is 0 Å². The van der Waals surface area contributed by atoms with Crippen molar-refractivity contribution in [3.05, 3.63) is 47.0 Å². The maximum atomic E-state index is 13.3. The second-order valence-corrected chi connectivity index (χ2v) is 12.6. The number of Topliss-reactive ketones (excluding diaryl/α,β-unsaturated/α-hetero) is 1. The molecule has 12 heteroatoms. The predicted molar refractivity (Wildman–Crippen MR) is 163 cm³/mol. The van der Waals surface area contributed by atoms with Crippen LogP contribution in [0.2, 0.25) is 0 Å². The van der Waals surface area contributed by atoms with E-state index < -0.39 is 12.1 Å². The molecule has 0 spiro atoms. The number of nitrogens with zero attached hydrogens (tertiary/aromatic N) is 3. The molecule has 3 aliphatic heterocycles. The van der Waals surface area contributed by atoms with Gasteiger partial charge in [0.05, 0.1) is 11.6 Å². The van der Waals surface area contributed by atoms with Crippen molar-refractivity contribution in [3.63, 3.8) is 0 Å². The first kappa shape index (κ1) is 34.3. The van der Waals surface area contributed by atoms with Crippen LogP contribution in [0.25, 0.3) is 0 Å². The first-order valence-corrected chi connectivity index (χ1v) is 15.7. The SMILES string of the molecule is CC1=NCC(=O)C(C)=C1C(=O)N1CC2CN(CCC(NC(=O)CC3CCCCC3)c3ccccc3)C[C@H]2C1.O=C(O)C(F)(F)F. The zero-order valence-electron chi connectivity index (χ0n) is 25.9. The summed E-state index contributed by atoms with van der Waals surface area (Å²) in [5.41, 5.74) is 2.91. The maximum absolute atomic E-state index is 13.3. The number of dihydropyridines is 1. The number of amides is 2. The van der Waals surface area contributed by atoms with Gasteiger partial charge in [-0.3, -0.25) is 19.4 Å². The number of halogens is 3. The second-order valence-electron chi connectivity index (χ2n) is 12.6. The fourth-order valence-electron chi connectivity index (χ4n) is 6.94.